The topological polar surface area (TPSA) is 53.1 Å². The minimum absolute atomic E-state index is 0. The summed E-state index contributed by atoms with van der Waals surface area (Å²) in [6.07, 6.45) is 0. The summed E-state index contributed by atoms with van der Waals surface area (Å²) < 4.78 is 0. The van der Waals surface area contributed by atoms with Crippen molar-refractivity contribution in [2.45, 2.75) is 7.43 Å². The first-order valence-electron chi connectivity index (χ1n) is 2.74. The third kappa shape index (κ3) is 10.7. The largest absolute Gasteiger partial charge is 0.379 e. The lowest BCUT2D eigenvalue weighted by Gasteiger charge is -2.06. The van der Waals surface area contributed by atoms with Crippen molar-refractivity contribution in [3.63, 3.8) is 0 Å². The van der Waals surface area contributed by atoms with Crippen molar-refractivity contribution in [3.8, 4) is 0 Å². The van der Waals surface area contributed by atoms with Gasteiger partial charge in [-0.1, -0.05) is 19.2 Å². The van der Waals surface area contributed by atoms with Gasteiger partial charge in [0.1, 0.15) is 0 Å². The molecule has 0 spiro atoms. The third-order valence-electron chi connectivity index (χ3n) is 0.796. The van der Waals surface area contributed by atoms with Crippen LogP contribution in [0.25, 0.3) is 0 Å². The fraction of sp³-hybridized carbons (Fsp3) is 0.833. The highest BCUT2D eigenvalue weighted by molar-refractivity contribution is 8.13. The molecule has 0 aromatic carbocycles. The number of hydrogen-bond donors (Lipinski definition) is 2. The zero-order chi connectivity index (χ0) is 7.28. The van der Waals surface area contributed by atoms with E-state index in [1.54, 1.807) is 0 Å². The first kappa shape index (κ1) is 12.5. The third-order valence-corrected chi connectivity index (χ3v) is 1.49. The van der Waals surface area contributed by atoms with Gasteiger partial charge in [-0.05, 0) is 14.1 Å². The summed E-state index contributed by atoms with van der Waals surface area (Å²) in [6, 6.07) is 0. The fourth-order valence-electron chi connectivity index (χ4n) is 0.338. The number of amidine groups is 1. The van der Waals surface area contributed by atoms with E-state index in [1.807, 2.05) is 14.1 Å². The molecule has 3 nitrogen and oxygen atoms in total. The molecule has 0 aromatic rings. The van der Waals surface area contributed by atoms with E-state index in [4.69, 9.17) is 11.1 Å². The van der Waals surface area contributed by atoms with Gasteiger partial charge in [0.05, 0.1) is 0 Å². The second-order valence-electron chi connectivity index (χ2n) is 2.02. The molecule has 0 rings (SSSR count). The predicted molar refractivity (Wildman–Crippen MR) is 49.7 cm³/mol. The second kappa shape index (κ2) is 6.89. The van der Waals surface area contributed by atoms with Crippen LogP contribution in [0.15, 0.2) is 0 Å². The summed E-state index contributed by atoms with van der Waals surface area (Å²) >= 11 is 1.38. The van der Waals surface area contributed by atoms with Gasteiger partial charge in [0.15, 0.2) is 5.17 Å². The van der Waals surface area contributed by atoms with Crippen LogP contribution in [0.4, 0.5) is 0 Å². The average molecular weight is 163 g/mol. The maximum absolute atomic E-state index is 6.86. The monoisotopic (exact) mass is 163 g/mol. The van der Waals surface area contributed by atoms with Gasteiger partial charge >= 0.3 is 0 Å². The predicted octanol–water partition coefficient (Wildman–Crippen LogP) is 0.811. The minimum Gasteiger partial charge on any atom is -0.379 e. The highest BCUT2D eigenvalue weighted by Gasteiger charge is 1.91. The first-order valence-corrected chi connectivity index (χ1v) is 3.73. The summed E-state index contributed by atoms with van der Waals surface area (Å²) in [6.45, 7) is 0.976. The maximum Gasteiger partial charge on any atom is 0.151 e. The second-order valence-corrected chi connectivity index (χ2v) is 3.15. The number of rotatable bonds is 3. The number of hydrogen-bond acceptors (Lipinski definition) is 3. The van der Waals surface area contributed by atoms with Gasteiger partial charge in [-0.25, -0.2) is 0 Å². The highest BCUT2D eigenvalue weighted by atomic mass is 32.2. The van der Waals surface area contributed by atoms with Crippen LogP contribution < -0.4 is 5.73 Å². The quantitative estimate of drug-likeness (QED) is 0.478. The summed E-state index contributed by atoms with van der Waals surface area (Å²) in [7, 11) is 4.00. The molecule has 0 atom stereocenters. The molecule has 0 saturated heterocycles. The highest BCUT2D eigenvalue weighted by Crippen LogP contribution is 1.96. The Morgan fingerprint density at radius 1 is 1.60 bits per heavy atom. The number of nitrogens with two attached hydrogens (primary N) is 1. The molecule has 0 heterocycles. The van der Waals surface area contributed by atoms with E-state index in [0.717, 1.165) is 12.3 Å². The summed E-state index contributed by atoms with van der Waals surface area (Å²) in [4.78, 5) is 2.07. The van der Waals surface area contributed by atoms with E-state index in [2.05, 4.69) is 4.90 Å². The van der Waals surface area contributed by atoms with Gasteiger partial charge < -0.3 is 10.6 Å². The Labute approximate surface area is 67.5 Å². The number of nitrogens with zero attached hydrogens (tertiary/aromatic N) is 1. The molecule has 3 N–H and O–H groups in total. The molecular weight excluding hydrogens is 146 g/mol. The molecule has 0 aliphatic carbocycles. The molecule has 0 fully saturated rings. The molecule has 0 aliphatic heterocycles. The van der Waals surface area contributed by atoms with Crippen LogP contribution >= 0.6 is 11.8 Å². The van der Waals surface area contributed by atoms with Crippen molar-refractivity contribution in [1.82, 2.24) is 4.90 Å². The smallest absolute Gasteiger partial charge is 0.151 e. The van der Waals surface area contributed by atoms with Crippen LogP contribution in [0.1, 0.15) is 7.43 Å². The molecule has 10 heavy (non-hydrogen) atoms. The molecule has 0 aromatic heterocycles. The van der Waals surface area contributed by atoms with Gasteiger partial charge in [-0.15, -0.1) is 0 Å². The van der Waals surface area contributed by atoms with Gasteiger partial charge in [-0.3, -0.25) is 5.41 Å². The molecule has 0 radical (unpaired) electrons. The fourth-order valence-corrected chi connectivity index (χ4v) is 1.01. The average Bonchev–Trinajstić information content (AvgIpc) is 1.63. The lowest BCUT2D eigenvalue weighted by Crippen LogP contribution is -2.17. The van der Waals surface area contributed by atoms with Crippen molar-refractivity contribution in [3.05, 3.63) is 0 Å². The van der Waals surface area contributed by atoms with E-state index < -0.39 is 0 Å². The zero-order valence-corrected chi connectivity index (χ0v) is 6.66. The Morgan fingerprint density at radius 2 is 2.10 bits per heavy atom. The Hall–Kier alpha value is -0.220. The van der Waals surface area contributed by atoms with E-state index >= 15 is 0 Å². The summed E-state index contributed by atoms with van der Waals surface area (Å²) in [5.41, 5.74) is 5.11. The normalized spacial score (nSPS) is 9.10. The first-order chi connectivity index (χ1) is 4.13. The van der Waals surface area contributed by atoms with E-state index in [1.165, 1.54) is 11.8 Å². The molecule has 0 bridgehead atoms. The van der Waals surface area contributed by atoms with E-state index in [0.29, 0.717) is 0 Å². The Balaban J connectivity index is 0. The van der Waals surface area contributed by atoms with Crippen molar-refractivity contribution in [2.24, 2.45) is 5.73 Å². The minimum atomic E-state index is 0. The molecule has 0 unspecified atom stereocenters. The van der Waals surface area contributed by atoms with Crippen LogP contribution in [-0.4, -0.2) is 36.5 Å². The Bertz CT molecular complexity index is 93.0. The van der Waals surface area contributed by atoms with Gasteiger partial charge in [0.2, 0.25) is 0 Å². The zero-order valence-electron chi connectivity index (χ0n) is 5.85. The van der Waals surface area contributed by atoms with Gasteiger partial charge in [-0.2, -0.15) is 0 Å². The van der Waals surface area contributed by atoms with Crippen LogP contribution in [0.5, 0.6) is 0 Å². The molecule has 0 amide bonds. The number of thioether (sulfide) groups is 1. The van der Waals surface area contributed by atoms with E-state index in [-0.39, 0.29) is 12.6 Å². The Kier molecular flexibility index (Phi) is 8.59. The van der Waals surface area contributed by atoms with Crippen LogP contribution in [0.3, 0.4) is 0 Å². The van der Waals surface area contributed by atoms with Crippen molar-refractivity contribution < 1.29 is 0 Å². The number of nitrogens with one attached hydrogen (secondary N) is 1. The molecule has 0 saturated carbocycles. The van der Waals surface area contributed by atoms with E-state index in [9.17, 15) is 0 Å². The summed E-state index contributed by atoms with van der Waals surface area (Å²) in [5, 5.41) is 7.07. The Morgan fingerprint density at radius 3 is 2.40 bits per heavy atom. The molecular formula is C6H17N3S. The SMILES string of the molecule is C.CN(C)CCSC(=N)N. The molecule has 4 heteroatoms. The van der Waals surface area contributed by atoms with Gasteiger partial charge in [0.25, 0.3) is 0 Å². The standard InChI is InChI=1S/C5H13N3S.CH4/c1-8(2)3-4-9-5(6)7;/h3-4H2,1-2H3,(H3,6,7);1H4. The van der Waals surface area contributed by atoms with Crippen molar-refractivity contribution in [2.75, 3.05) is 26.4 Å². The van der Waals surface area contributed by atoms with Crippen molar-refractivity contribution >= 4 is 16.9 Å². The van der Waals surface area contributed by atoms with Crippen LogP contribution in [-0.2, 0) is 0 Å². The van der Waals surface area contributed by atoms with Crippen LogP contribution in [0.2, 0.25) is 0 Å². The lowest BCUT2D eigenvalue weighted by atomic mass is 10.7. The molecule has 62 valence electrons. The lowest BCUT2D eigenvalue weighted by molar-refractivity contribution is 0.437. The molecule has 0 aliphatic rings. The van der Waals surface area contributed by atoms with Crippen LogP contribution in [0, 0.1) is 5.41 Å². The maximum atomic E-state index is 6.86. The van der Waals surface area contributed by atoms with Crippen molar-refractivity contribution in [1.29, 1.82) is 5.41 Å². The summed E-state index contributed by atoms with van der Waals surface area (Å²) in [5.74, 6) is 0.905. The van der Waals surface area contributed by atoms with Gasteiger partial charge in [0, 0.05) is 12.3 Å².